The number of hydrogen-bond donors (Lipinski definition) is 0. The van der Waals surface area contributed by atoms with E-state index in [1.54, 1.807) is 11.0 Å². The lowest BCUT2D eigenvalue weighted by atomic mass is 9.88. The van der Waals surface area contributed by atoms with Gasteiger partial charge in [0, 0.05) is 31.7 Å². The number of morpholine rings is 1. The van der Waals surface area contributed by atoms with E-state index in [2.05, 4.69) is 10.1 Å². The van der Waals surface area contributed by atoms with Crippen LogP contribution in [0.25, 0.3) is 0 Å². The first-order valence-electron chi connectivity index (χ1n) is 9.75. The molecule has 2 aromatic rings. The van der Waals surface area contributed by atoms with Gasteiger partial charge in [0.25, 0.3) is 5.91 Å². The Morgan fingerprint density at radius 2 is 1.96 bits per heavy atom. The van der Waals surface area contributed by atoms with Gasteiger partial charge in [-0.1, -0.05) is 18.2 Å². The molecule has 4 rings (SSSR count). The minimum absolute atomic E-state index is 0.0107. The van der Waals surface area contributed by atoms with E-state index in [1.165, 1.54) is 6.33 Å². The fourth-order valence-corrected chi connectivity index (χ4v) is 3.92. The average molecular weight is 383 g/mol. The lowest BCUT2D eigenvalue weighted by Gasteiger charge is -2.47. The van der Waals surface area contributed by atoms with E-state index in [0.29, 0.717) is 32.6 Å². The van der Waals surface area contributed by atoms with Crippen molar-refractivity contribution in [2.45, 2.75) is 37.8 Å². The van der Waals surface area contributed by atoms with Crippen LogP contribution in [0.2, 0.25) is 0 Å². The Morgan fingerprint density at radius 3 is 2.68 bits per heavy atom. The number of anilines is 1. The minimum Gasteiger partial charge on any atom is -0.363 e. The third kappa shape index (κ3) is 4.06. The fourth-order valence-electron chi connectivity index (χ4n) is 3.92. The van der Waals surface area contributed by atoms with Crippen molar-refractivity contribution in [1.82, 2.24) is 19.7 Å². The van der Waals surface area contributed by atoms with Crippen molar-refractivity contribution in [3.05, 3.63) is 43.0 Å². The Labute approximate surface area is 164 Å². The number of nitrogens with zero attached hydrogens (tertiary/aromatic N) is 5. The van der Waals surface area contributed by atoms with Gasteiger partial charge in [-0.05, 0) is 31.4 Å². The number of carbonyl (C=O) groups excluding carboxylic acids is 2. The molecule has 0 aliphatic carbocycles. The summed E-state index contributed by atoms with van der Waals surface area (Å²) in [6.45, 7) is 2.67. The summed E-state index contributed by atoms with van der Waals surface area (Å²) < 4.78 is 7.72. The molecular weight excluding hydrogens is 358 g/mol. The Hall–Kier alpha value is -2.74. The maximum absolute atomic E-state index is 12.5. The van der Waals surface area contributed by atoms with Crippen molar-refractivity contribution in [1.29, 1.82) is 0 Å². The second-order valence-electron chi connectivity index (χ2n) is 7.43. The van der Waals surface area contributed by atoms with Crippen LogP contribution in [0.3, 0.4) is 0 Å². The first-order valence-corrected chi connectivity index (χ1v) is 9.75. The predicted molar refractivity (Wildman–Crippen MR) is 103 cm³/mol. The van der Waals surface area contributed by atoms with Crippen molar-refractivity contribution in [2.75, 3.05) is 31.1 Å². The van der Waals surface area contributed by atoms with Crippen LogP contribution in [0.4, 0.5) is 5.69 Å². The van der Waals surface area contributed by atoms with Gasteiger partial charge in [-0.25, -0.2) is 4.98 Å². The highest BCUT2D eigenvalue weighted by atomic mass is 16.5. The molecule has 1 aromatic heterocycles. The van der Waals surface area contributed by atoms with Crippen LogP contribution in [-0.4, -0.2) is 63.3 Å². The van der Waals surface area contributed by atoms with Gasteiger partial charge in [0.05, 0.1) is 12.1 Å². The van der Waals surface area contributed by atoms with E-state index in [4.69, 9.17) is 4.74 Å². The zero-order valence-corrected chi connectivity index (χ0v) is 15.9. The molecule has 0 radical (unpaired) electrons. The molecule has 2 saturated heterocycles. The number of piperidine rings is 1. The number of aromatic nitrogens is 3. The Balaban J connectivity index is 1.30. The smallest absolute Gasteiger partial charge is 0.253 e. The molecular formula is C20H25N5O3. The van der Waals surface area contributed by atoms with Crippen LogP contribution < -0.4 is 4.90 Å². The summed E-state index contributed by atoms with van der Waals surface area (Å²) in [7, 11) is 0. The zero-order chi connectivity index (χ0) is 19.4. The number of carbonyl (C=O) groups is 2. The second kappa shape index (κ2) is 8.10. The van der Waals surface area contributed by atoms with Gasteiger partial charge in [-0.15, -0.1) is 0 Å². The maximum atomic E-state index is 12.5. The maximum Gasteiger partial charge on any atom is 0.253 e. The highest BCUT2D eigenvalue weighted by Crippen LogP contribution is 2.32. The Kier molecular flexibility index (Phi) is 5.38. The molecule has 2 aliphatic heterocycles. The highest BCUT2D eigenvalue weighted by molar-refractivity contribution is 5.95. The summed E-state index contributed by atoms with van der Waals surface area (Å²) in [5, 5.41) is 4.05. The number of benzene rings is 1. The minimum atomic E-state index is -0.360. The summed E-state index contributed by atoms with van der Waals surface area (Å²) >= 11 is 0. The third-order valence-corrected chi connectivity index (χ3v) is 5.59. The molecule has 8 heteroatoms. The third-order valence-electron chi connectivity index (χ3n) is 5.59. The molecule has 1 aromatic carbocycles. The van der Waals surface area contributed by atoms with E-state index < -0.39 is 0 Å². The quantitative estimate of drug-likeness (QED) is 0.781. The number of para-hydroxylation sites is 1. The molecule has 148 valence electrons. The lowest BCUT2D eigenvalue weighted by Crippen LogP contribution is -2.59. The molecule has 0 N–H and O–H groups in total. The van der Waals surface area contributed by atoms with Crippen molar-refractivity contribution < 1.29 is 14.3 Å². The molecule has 0 bridgehead atoms. The topological polar surface area (TPSA) is 80.6 Å². The van der Waals surface area contributed by atoms with Gasteiger partial charge in [-0.2, -0.15) is 5.10 Å². The molecule has 1 spiro atoms. The van der Waals surface area contributed by atoms with Crippen LogP contribution in [0.15, 0.2) is 43.0 Å². The first-order chi connectivity index (χ1) is 13.7. The number of likely N-dealkylation sites (tertiary alicyclic amines) is 1. The van der Waals surface area contributed by atoms with E-state index in [9.17, 15) is 9.59 Å². The lowest BCUT2D eigenvalue weighted by molar-refractivity contribution is -0.150. The monoisotopic (exact) mass is 383 g/mol. The second-order valence-corrected chi connectivity index (χ2v) is 7.43. The summed E-state index contributed by atoms with van der Waals surface area (Å²) in [4.78, 5) is 32.5. The molecule has 8 nitrogen and oxygen atoms in total. The van der Waals surface area contributed by atoms with Gasteiger partial charge in [0.2, 0.25) is 5.91 Å². The Morgan fingerprint density at radius 1 is 1.18 bits per heavy atom. The van der Waals surface area contributed by atoms with Gasteiger partial charge in [0.1, 0.15) is 19.3 Å². The fraction of sp³-hybridized carbons (Fsp3) is 0.500. The number of rotatable bonds is 5. The highest BCUT2D eigenvalue weighted by Gasteiger charge is 2.43. The summed E-state index contributed by atoms with van der Waals surface area (Å²) in [6.07, 6.45) is 5.91. The van der Waals surface area contributed by atoms with Crippen LogP contribution >= 0.6 is 0 Å². The van der Waals surface area contributed by atoms with Gasteiger partial charge in [0.15, 0.2) is 0 Å². The van der Waals surface area contributed by atoms with Gasteiger partial charge in [-0.3, -0.25) is 14.3 Å². The average Bonchev–Trinajstić information content (AvgIpc) is 3.25. The molecule has 3 heterocycles. The van der Waals surface area contributed by atoms with E-state index in [1.807, 2.05) is 40.1 Å². The van der Waals surface area contributed by atoms with E-state index >= 15 is 0 Å². The molecule has 0 unspecified atom stereocenters. The summed E-state index contributed by atoms with van der Waals surface area (Å²) in [5.74, 6) is 0.158. The van der Waals surface area contributed by atoms with Crippen molar-refractivity contribution in [2.24, 2.45) is 0 Å². The van der Waals surface area contributed by atoms with Crippen molar-refractivity contribution in [3.8, 4) is 0 Å². The van der Waals surface area contributed by atoms with Gasteiger partial charge >= 0.3 is 0 Å². The number of ether oxygens (including phenoxy) is 1. The molecule has 2 fully saturated rings. The van der Waals surface area contributed by atoms with Crippen LogP contribution in [-0.2, 0) is 20.9 Å². The Bertz CT molecular complexity index is 801. The van der Waals surface area contributed by atoms with Crippen molar-refractivity contribution in [3.63, 3.8) is 0 Å². The first kappa shape index (κ1) is 18.6. The van der Waals surface area contributed by atoms with Gasteiger partial charge < -0.3 is 14.5 Å². The molecule has 0 atom stereocenters. The zero-order valence-electron chi connectivity index (χ0n) is 15.9. The SMILES string of the molecule is O=C(CCCn1cncn1)N1CCC2(CC1)CN(c1ccccc1)C(=O)CO2. The molecule has 0 saturated carbocycles. The van der Waals surface area contributed by atoms with E-state index in [0.717, 1.165) is 24.9 Å². The summed E-state index contributed by atoms with van der Waals surface area (Å²) in [5.41, 5.74) is 0.545. The van der Waals surface area contributed by atoms with Crippen LogP contribution in [0.1, 0.15) is 25.7 Å². The van der Waals surface area contributed by atoms with Crippen molar-refractivity contribution >= 4 is 17.5 Å². The largest absolute Gasteiger partial charge is 0.363 e. The normalized spacial score (nSPS) is 19.2. The molecule has 2 amide bonds. The van der Waals surface area contributed by atoms with Crippen LogP contribution in [0.5, 0.6) is 0 Å². The van der Waals surface area contributed by atoms with Crippen LogP contribution in [0, 0.1) is 0 Å². The number of aryl methyl sites for hydroxylation is 1. The number of hydrogen-bond acceptors (Lipinski definition) is 5. The summed E-state index contributed by atoms with van der Waals surface area (Å²) in [6, 6.07) is 9.71. The molecule has 28 heavy (non-hydrogen) atoms. The number of amides is 2. The molecule has 2 aliphatic rings. The van der Waals surface area contributed by atoms with E-state index in [-0.39, 0.29) is 24.0 Å². The predicted octanol–water partition coefficient (Wildman–Crippen LogP) is 1.48. The standard InChI is InChI=1S/C20H25N5O3/c26-18(7-4-10-24-16-21-15-22-24)23-11-8-20(9-12-23)14-25(19(27)13-28-20)17-5-2-1-3-6-17/h1-3,5-6,15-16H,4,7-14H2.